The summed E-state index contributed by atoms with van der Waals surface area (Å²) in [5, 5.41) is 12.9. The van der Waals surface area contributed by atoms with Crippen LogP contribution in [-0.4, -0.2) is 50.1 Å². The molecule has 21 heavy (non-hydrogen) atoms. The Balaban J connectivity index is 2.25. The van der Waals surface area contributed by atoms with Crippen molar-refractivity contribution < 1.29 is 13.5 Å². The van der Waals surface area contributed by atoms with E-state index in [4.69, 9.17) is 16.7 Å². The van der Waals surface area contributed by atoms with Crippen molar-refractivity contribution in [3.05, 3.63) is 27.7 Å². The molecule has 8 heteroatoms. The average molecular weight is 398 g/mol. The monoisotopic (exact) mass is 396 g/mol. The van der Waals surface area contributed by atoms with Crippen LogP contribution in [0.2, 0.25) is 5.02 Å². The largest absolute Gasteiger partial charge is 0.395 e. The standard InChI is InChI=1S/C13H18BrClN2O3S/c14-12-8-11(3-4-13(12)15)21(19,20)17(6-7-18)9-10-2-1-5-16-10/h3-4,8,10,16,18H,1-2,5-7,9H2. The van der Waals surface area contributed by atoms with E-state index in [2.05, 4.69) is 21.2 Å². The van der Waals surface area contributed by atoms with Crippen LogP contribution in [-0.2, 0) is 10.0 Å². The topological polar surface area (TPSA) is 69.6 Å². The molecule has 0 bridgehead atoms. The molecular formula is C13H18BrClN2O3S. The summed E-state index contributed by atoms with van der Waals surface area (Å²) >= 11 is 9.14. The molecule has 5 nitrogen and oxygen atoms in total. The number of nitrogens with one attached hydrogen (secondary N) is 1. The Kier molecular flexibility index (Phi) is 6.05. The molecule has 0 radical (unpaired) electrons. The van der Waals surface area contributed by atoms with Gasteiger partial charge < -0.3 is 10.4 Å². The number of hydrogen-bond donors (Lipinski definition) is 2. The fourth-order valence-corrected chi connectivity index (χ4v) is 4.52. The summed E-state index contributed by atoms with van der Waals surface area (Å²) < 4.78 is 27.3. The predicted molar refractivity (Wildman–Crippen MR) is 86.0 cm³/mol. The van der Waals surface area contributed by atoms with Crippen LogP contribution in [0, 0.1) is 0 Å². The Bertz CT molecular complexity index is 591. The van der Waals surface area contributed by atoms with E-state index >= 15 is 0 Å². The van der Waals surface area contributed by atoms with Crippen molar-refractivity contribution in [1.82, 2.24) is 9.62 Å². The minimum absolute atomic E-state index is 0.0841. The highest BCUT2D eigenvalue weighted by molar-refractivity contribution is 9.10. The van der Waals surface area contributed by atoms with Gasteiger partial charge in [0.05, 0.1) is 16.5 Å². The zero-order valence-corrected chi connectivity index (χ0v) is 14.6. The molecule has 1 unspecified atom stereocenters. The summed E-state index contributed by atoms with van der Waals surface area (Å²) in [6.45, 7) is 1.15. The molecule has 0 amide bonds. The van der Waals surface area contributed by atoms with Crippen molar-refractivity contribution in [2.75, 3.05) is 26.2 Å². The number of sulfonamides is 1. The van der Waals surface area contributed by atoms with Gasteiger partial charge in [-0.25, -0.2) is 8.42 Å². The van der Waals surface area contributed by atoms with E-state index in [9.17, 15) is 8.42 Å². The van der Waals surface area contributed by atoms with Crippen LogP contribution >= 0.6 is 27.5 Å². The van der Waals surface area contributed by atoms with Gasteiger partial charge in [0.2, 0.25) is 10.0 Å². The van der Waals surface area contributed by atoms with Crippen LogP contribution in [0.1, 0.15) is 12.8 Å². The van der Waals surface area contributed by atoms with Crippen molar-refractivity contribution in [2.24, 2.45) is 0 Å². The van der Waals surface area contributed by atoms with Gasteiger partial charge in [0, 0.05) is 23.6 Å². The van der Waals surface area contributed by atoms with Gasteiger partial charge in [-0.1, -0.05) is 11.6 Å². The first-order chi connectivity index (χ1) is 9.95. The van der Waals surface area contributed by atoms with Gasteiger partial charge in [0.25, 0.3) is 0 Å². The third kappa shape index (κ3) is 4.18. The molecule has 1 atom stereocenters. The lowest BCUT2D eigenvalue weighted by atomic mass is 10.2. The SMILES string of the molecule is O=S(=O)(c1ccc(Cl)c(Br)c1)N(CCO)CC1CCCN1. The van der Waals surface area contributed by atoms with Crippen LogP contribution in [0.3, 0.4) is 0 Å². The molecule has 0 aromatic heterocycles. The quantitative estimate of drug-likeness (QED) is 0.768. The number of halogens is 2. The van der Waals surface area contributed by atoms with Crippen LogP contribution < -0.4 is 5.32 Å². The summed E-state index contributed by atoms with van der Waals surface area (Å²) in [4.78, 5) is 0.172. The Morgan fingerprint density at radius 3 is 2.81 bits per heavy atom. The van der Waals surface area contributed by atoms with Crippen LogP contribution in [0.15, 0.2) is 27.6 Å². The fraction of sp³-hybridized carbons (Fsp3) is 0.538. The number of rotatable bonds is 6. The van der Waals surface area contributed by atoms with Crippen molar-refractivity contribution in [3.8, 4) is 0 Å². The number of benzene rings is 1. The molecule has 1 aliphatic heterocycles. The van der Waals surface area contributed by atoms with Gasteiger partial charge in [0.15, 0.2) is 0 Å². The second kappa shape index (κ2) is 7.39. The Morgan fingerprint density at radius 2 is 2.24 bits per heavy atom. The Hall–Kier alpha value is -0.180. The first-order valence-corrected chi connectivity index (χ1v) is 9.35. The second-order valence-electron chi connectivity index (χ2n) is 4.96. The van der Waals surface area contributed by atoms with Crippen LogP contribution in [0.5, 0.6) is 0 Å². The van der Waals surface area contributed by atoms with Crippen LogP contribution in [0.4, 0.5) is 0 Å². The molecule has 1 heterocycles. The molecule has 1 aliphatic rings. The summed E-state index contributed by atoms with van der Waals surface area (Å²) in [5.74, 6) is 0. The molecular weight excluding hydrogens is 380 g/mol. The van der Waals surface area contributed by atoms with E-state index in [-0.39, 0.29) is 24.1 Å². The maximum Gasteiger partial charge on any atom is 0.243 e. The molecule has 2 N–H and O–H groups in total. The smallest absolute Gasteiger partial charge is 0.243 e. The maximum atomic E-state index is 12.7. The third-order valence-electron chi connectivity index (χ3n) is 3.46. The number of nitrogens with zero attached hydrogens (tertiary/aromatic N) is 1. The first-order valence-electron chi connectivity index (χ1n) is 6.74. The molecule has 1 aromatic carbocycles. The zero-order valence-electron chi connectivity index (χ0n) is 11.4. The highest BCUT2D eigenvalue weighted by Crippen LogP contribution is 2.27. The molecule has 0 aliphatic carbocycles. The number of aliphatic hydroxyl groups is 1. The zero-order chi connectivity index (χ0) is 15.5. The maximum absolute atomic E-state index is 12.7. The third-order valence-corrected chi connectivity index (χ3v) is 6.54. The van der Waals surface area contributed by atoms with Gasteiger partial charge >= 0.3 is 0 Å². The Labute approximate surface area is 138 Å². The molecule has 118 valence electrons. The van der Waals surface area contributed by atoms with Crippen LogP contribution in [0.25, 0.3) is 0 Å². The highest BCUT2D eigenvalue weighted by atomic mass is 79.9. The molecule has 2 rings (SSSR count). The molecule has 0 spiro atoms. The van der Waals surface area contributed by atoms with Crippen molar-refractivity contribution in [2.45, 2.75) is 23.8 Å². The van der Waals surface area contributed by atoms with E-state index in [1.54, 1.807) is 6.07 Å². The molecule has 1 saturated heterocycles. The molecule has 1 fully saturated rings. The van der Waals surface area contributed by atoms with Gasteiger partial charge in [-0.2, -0.15) is 4.31 Å². The van der Waals surface area contributed by atoms with Gasteiger partial charge in [-0.3, -0.25) is 0 Å². The summed E-state index contributed by atoms with van der Waals surface area (Å²) in [7, 11) is -3.65. The molecule has 0 saturated carbocycles. The average Bonchev–Trinajstić information content (AvgIpc) is 2.94. The van der Waals surface area contributed by atoms with E-state index in [0.717, 1.165) is 19.4 Å². The van der Waals surface area contributed by atoms with E-state index in [1.807, 2.05) is 0 Å². The van der Waals surface area contributed by atoms with E-state index in [1.165, 1.54) is 16.4 Å². The minimum atomic E-state index is -3.65. The predicted octanol–water partition coefficient (Wildman–Crippen LogP) is 1.84. The second-order valence-corrected chi connectivity index (χ2v) is 8.16. The van der Waals surface area contributed by atoms with Gasteiger partial charge in [0.1, 0.15) is 0 Å². The Morgan fingerprint density at radius 1 is 1.48 bits per heavy atom. The van der Waals surface area contributed by atoms with E-state index < -0.39 is 10.0 Å². The van der Waals surface area contributed by atoms with Gasteiger partial charge in [-0.15, -0.1) is 0 Å². The van der Waals surface area contributed by atoms with Gasteiger partial charge in [-0.05, 0) is 53.5 Å². The van der Waals surface area contributed by atoms with Crippen molar-refractivity contribution >= 4 is 37.6 Å². The lowest BCUT2D eigenvalue weighted by Crippen LogP contribution is -2.42. The van der Waals surface area contributed by atoms with E-state index in [0.29, 0.717) is 16.0 Å². The summed E-state index contributed by atoms with van der Waals surface area (Å²) in [5.41, 5.74) is 0. The highest BCUT2D eigenvalue weighted by Gasteiger charge is 2.28. The lowest BCUT2D eigenvalue weighted by Gasteiger charge is -2.24. The van der Waals surface area contributed by atoms with Crippen molar-refractivity contribution in [1.29, 1.82) is 0 Å². The fourth-order valence-electron chi connectivity index (χ4n) is 2.37. The lowest BCUT2D eigenvalue weighted by molar-refractivity contribution is 0.246. The minimum Gasteiger partial charge on any atom is -0.395 e. The number of hydrogen-bond acceptors (Lipinski definition) is 4. The summed E-state index contributed by atoms with van der Waals surface area (Å²) in [6, 6.07) is 4.66. The number of aliphatic hydroxyl groups excluding tert-OH is 1. The summed E-state index contributed by atoms with van der Waals surface area (Å²) in [6.07, 6.45) is 1.99. The molecule has 1 aromatic rings. The first kappa shape index (κ1) is 17.2. The van der Waals surface area contributed by atoms with Crippen molar-refractivity contribution in [3.63, 3.8) is 0 Å². The normalized spacial score (nSPS) is 19.3.